The summed E-state index contributed by atoms with van der Waals surface area (Å²) < 4.78 is 0. The predicted octanol–water partition coefficient (Wildman–Crippen LogP) is 2.23. The predicted molar refractivity (Wildman–Crippen MR) is 62.3 cm³/mol. The van der Waals surface area contributed by atoms with Gasteiger partial charge >= 0.3 is 0 Å². The maximum Gasteiger partial charge on any atom is 0.0332 e. The van der Waals surface area contributed by atoms with Crippen LogP contribution in [0.15, 0.2) is 0 Å². The molecule has 2 N–H and O–H groups in total. The number of hydrogen-bond donors (Lipinski definition) is 1. The third-order valence-electron chi connectivity index (χ3n) is 4.05. The van der Waals surface area contributed by atoms with Gasteiger partial charge in [-0.15, -0.1) is 0 Å². The third kappa shape index (κ3) is 2.12. The SMILES string of the molecule is CCN(CC)C(C)(CC)C(N)C1CC1. The molecule has 2 heteroatoms. The fourth-order valence-corrected chi connectivity index (χ4v) is 2.58. The first-order valence-electron chi connectivity index (χ1n) is 6.10. The number of nitrogens with zero attached hydrogens (tertiary/aromatic N) is 1. The fourth-order valence-electron chi connectivity index (χ4n) is 2.58. The summed E-state index contributed by atoms with van der Waals surface area (Å²) in [5, 5.41) is 0. The summed E-state index contributed by atoms with van der Waals surface area (Å²) in [5.41, 5.74) is 6.59. The van der Waals surface area contributed by atoms with Crippen molar-refractivity contribution in [1.29, 1.82) is 0 Å². The summed E-state index contributed by atoms with van der Waals surface area (Å²) in [4.78, 5) is 2.52. The largest absolute Gasteiger partial charge is 0.326 e. The molecule has 0 aliphatic heterocycles. The molecule has 1 fully saturated rings. The molecule has 2 nitrogen and oxygen atoms in total. The van der Waals surface area contributed by atoms with Crippen LogP contribution in [-0.2, 0) is 0 Å². The van der Waals surface area contributed by atoms with Crippen molar-refractivity contribution in [2.24, 2.45) is 11.7 Å². The van der Waals surface area contributed by atoms with Gasteiger partial charge in [0.25, 0.3) is 0 Å². The van der Waals surface area contributed by atoms with Crippen molar-refractivity contribution in [2.45, 2.75) is 58.5 Å². The monoisotopic (exact) mass is 198 g/mol. The van der Waals surface area contributed by atoms with Crippen LogP contribution >= 0.6 is 0 Å². The van der Waals surface area contributed by atoms with Crippen LogP contribution in [0.2, 0.25) is 0 Å². The van der Waals surface area contributed by atoms with Gasteiger partial charge in [0.2, 0.25) is 0 Å². The Morgan fingerprint density at radius 2 is 1.79 bits per heavy atom. The molecule has 0 aromatic rings. The molecule has 1 aliphatic carbocycles. The Morgan fingerprint density at radius 1 is 1.29 bits per heavy atom. The molecule has 84 valence electrons. The van der Waals surface area contributed by atoms with Crippen molar-refractivity contribution >= 4 is 0 Å². The number of hydrogen-bond acceptors (Lipinski definition) is 2. The Bertz CT molecular complexity index is 169. The highest BCUT2D eigenvalue weighted by molar-refractivity contribution is 5.01. The Balaban J connectivity index is 2.70. The average Bonchev–Trinajstić information content (AvgIpc) is 3.01. The first-order chi connectivity index (χ1) is 6.60. The minimum Gasteiger partial charge on any atom is -0.326 e. The lowest BCUT2D eigenvalue weighted by Gasteiger charge is -2.44. The normalized spacial score (nSPS) is 23.6. The molecule has 0 radical (unpaired) electrons. The summed E-state index contributed by atoms with van der Waals surface area (Å²) in [7, 11) is 0. The van der Waals surface area contributed by atoms with Crippen LogP contribution in [0.5, 0.6) is 0 Å². The van der Waals surface area contributed by atoms with Gasteiger partial charge in [0, 0.05) is 11.6 Å². The molecule has 0 saturated heterocycles. The highest BCUT2D eigenvalue weighted by Gasteiger charge is 2.42. The number of likely N-dealkylation sites (N-methyl/N-ethyl adjacent to an activating group) is 1. The van der Waals surface area contributed by atoms with Crippen LogP contribution in [0.25, 0.3) is 0 Å². The first-order valence-corrected chi connectivity index (χ1v) is 6.10. The van der Waals surface area contributed by atoms with Gasteiger partial charge in [-0.3, -0.25) is 4.90 Å². The van der Waals surface area contributed by atoms with E-state index in [9.17, 15) is 0 Å². The van der Waals surface area contributed by atoms with Gasteiger partial charge in [0.05, 0.1) is 0 Å². The van der Waals surface area contributed by atoms with Gasteiger partial charge in [-0.1, -0.05) is 20.8 Å². The quantitative estimate of drug-likeness (QED) is 0.709. The summed E-state index contributed by atoms with van der Waals surface area (Å²) in [6.07, 6.45) is 3.85. The van der Waals surface area contributed by atoms with E-state index in [-0.39, 0.29) is 5.54 Å². The van der Waals surface area contributed by atoms with Crippen molar-refractivity contribution in [2.75, 3.05) is 13.1 Å². The van der Waals surface area contributed by atoms with Gasteiger partial charge in [-0.2, -0.15) is 0 Å². The molecule has 14 heavy (non-hydrogen) atoms. The van der Waals surface area contributed by atoms with Gasteiger partial charge < -0.3 is 5.73 Å². The van der Waals surface area contributed by atoms with E-state index in [4.69, 9.17) is 5.73 Å². The maximum absolute atomic E-state index is 6.38. The molecule has 0 heterocycles. The van der Waals surface area contributed by atoms with Gasteiger partial charge in [-0.25, -0.2) is 0 Å². The molecule has 0 amide bonds. The Labute approximate surface area is 88.8 Å². The molecule has 0 aromatic heterocycles. The zero-order chi connectivity index (χ0) is 10.8. The van der Waals surface area contributed by atoms with Crippen molar-refractivity contribution in [1.82, 2.24) is 4.90 Å². The van der Waals surface area contributed by atoms with E-state index in [0.717, 1.165) is 25.4 Å². The Kier molecular flexibility index (Phi) is 3.96. The van der Waals surface area contributed by atoms with Crippen molar-refractivity contribution in [3.8, 4) is 0 Å². The minimum absolute atomic E-state index is 0.213. The Morgan fingerprint density at radius 3 is 2.07 bits per heavy atom. The van der Waals surface area contributed by atoms with Crippen molar-refractivity contribution in [3.05, 3.63) is 0 Å². The first kappa shape index (κ1) is 12.0. The van der Waals surface area contributed by atoms with Crippen LogP contribution in [0.1, 0.15) is 47.0 Å². The van der Waals surface area contributed by atoms with E-state index in [2.05, 4.69) is 32.6 Å². The molecule has 1 saturated carbocycles. The smallest absolute Gasteiger partial charge is 0.0332 e. The zero-order valence-corrected chi connectivity index (χ0v) is 10.2. The highest BCUT2D eigenvalue weighted by Crippen LogP contribution is 2.39. The summed E-state index contributed by atoms with van der Waals surface area (Å²) >= 11 is 0. The van der Waals surface area contributed by atoms with E-state index < -0.39 is 0 Å². The highest BCUT2D eigenvalue weighted by atomic mass is 15.2. The average molecular weight is 198 g/mol. The van der Waals surface area contributed by atoms with E-state index in [1.165, 1.54) is 12.8 Å². The topological polar surface area (TPSA) is 29.3 Å². The fraction of sp³-hybridized carbons (Fsp3) is 1.00. The molecule has 2 atom stereocenters. The summed E-state index contributed by atoms with van der Waals surface area (Å²) in [6, 6.07) is 0.368. The lowest BCUT2D eigenvalue weighted by molar-refractivity contribution is 0.0769. The standard InChI is InChI=1S/C12H26N2/c1-5-12(4,14(6-2)7-3)11(13)10-8-9-10/h10-11H,5-9,13H2,1-4H3. The van der Waals surface area contributed by atoms with E-state index >= 15 is 0 Å². The molecule has 2 unspecified atom stereocenters. The second-order valence-corrected chi connectivity index (χ2v) is 4.75. The van der Waals surface area contributed by atoms with E-state index in [1.54, 1.807) is 0 Å². The van der Waals surface area contributed by atoms with Crippen molar-refractivity contribution < 1.29 is 0 Å². The van der Waals surface area contributed by atoms with Crippen LogP contribution in [0, 0.1) is 5.92 Å². The molecular formula is C12H26N2. The lowest BCUT2D eigenvalue weighted by Crippen LogP contribution is -2.58. The van der Waals surface area contributed by atoms with E-state index in [1.807, 2.05) is 0 Å². The lowest BCUT2D eigenvalue weighted by atomic mass is 9.85. The van der Waals surface area contributed by atoms with Crippen LogP contribution in [0.4, 0.5) is 0 Å². The zero-order valence-electron chi connectivity index (χ0n) is 10.2. The van der Waals surface area contributed by atoms with Gasteiger partial charge in [0.1, 0.15) is 0 Å². The number of rotatable bonds is 6. The van der Waals surface area contributed by atoms with Crippen LogP contribution in [-0.4, -0.2) is 29.6 Å². The summed E-state index contributed by atoms with van der Waals surface area (Å²) in [6.45, 7) is 11.3. The third-order valence-corrected chi connectivity index (χ3v) is 4.05. The van der Waals surface area contributed by atoms with Crippen molar-refractivity contribution in [3.63, 3.8) is 0 Å². The van der Waals surface area contributed by atoms with Crippen LogP contribution < -0.4 is 5.73 Å². The molecule has 0 spiro atoms. The van der Waals surface area contributed by atoms with Crippen LogP contribution in [0.3, 0.4) is 0 Å². The second kappa shape index (κ2) is 4.63. The Hall–Kier alpha value is -0.0800. The number of nitrogens with two attached hydrogens (primary N) is 1. The molecule has 0 aromatic carbocycles. The van der Waals surface area contributed by atoms with Gasteiger partial charge in [0.15, 0.2) is 0 Å². The maximum atomic E-state index is 6.38. The van der Waals surface area contributed by atoms with E-state index in [0.29, 0.717) is 6.04 Å². The molecular weight excluding hydrogens is 172 g/mol. The molecule has 1 rings (SSSR count). The molecule has 0 bridgehead atoms. The molecule has 1 aliphatic rings. The summed E-state index contributed by atoms with van der Waals surface area (Å²) in [5.74, 6) is 0.792. The second-order valence-electron chi connectivity index (χ2n) is 4.75. The van der Waals surface area contributed by atoms with Gasteiger partial charge in [-0.05, 0) is 45.2 Å². The minimum atomic E-state index is 0.213.